The van der Waals surface area contributed by atoms with Crippen molar-refractivity contribution in [1.29, 1.82) is 0 Å². The van der Waals surface area contributed by atoms with E-state index in [1.165, 1.54) is 44.5 Å². The molecular formula is C33H27N. The van der Waals surface area contributed by atoms with Gasteiger partial charge >= 0.3 is 0 Å². The predicted octanol–water partition coefficient (Wildman–Crippen LogP) is 8.28. The topological polar surface area (TPSA) is 26.0 Å². The molecule has 0 fully saturated rings. The average Bonchev–Trinajstić information content (AvgIpc) is 2.91. The molecule has 0 aromatic heterocycles. The molecule has 0 aliphatic carbocycles. The van der Waals surface area contributed by atoms with E-state index in [4.69, 9.17) is 5.73 Å². The van der Waals surface area contributed by atoms with E-state index in [0.29, 0.717) is 0 Å². The van der Waals surface area contributed by atoms with Crippen LogP contribution in [0.4, 0.5) is 5.69 Å². The zero-order valence-electron chi connectivity index (χ0n) is 19.1. The van der Waals surface area contributed by atoms with Crippen molar-refractivity contribution in [3.8, 4) is 22.3 Å². The van der Waals surface area contributed by atoms with Gasteiger partial charge in [-0.3, -0.25) is 0 Å². The molecule has 0 amide bonds. The van der Waals surface area contributed by atoms with Crippen LogP contribution in [0.2, 0.25) is 0 Å². The summed E-state index contributed by atoms with van der Waals surface area (Å²) in [5, 5.41) is 0. The second kappa shape index (κ2) is 10.1. The third-order valence-corrected chi connectivity index (χ3v) is 6.13. The van der Waals surface area contributed by atoms with Gasteiger partial charge < -0.3 is 5.73 Å². The maximum absolute atomic E-state index is 5.84. The average molecular weight is 438 g/mol. The molecule has 0 atom stereocenters. The van der Waals surface area contributed by atoms with Crippen molar-refractivity contribution in [3.05, 3.63) is 156 Å². The van der Waals surface area contributed by atoms with Crippen LogP contribution in [0.3, 0.4) is 0 Å². The van der Waals surface area contributed by atoms with Crippen LogP contribution >= 0.6 is 0 Å². The first-order valence-electron chi connectivity index (χ1n) is 11.6. The van der Waals surface area contributed by atoms with Gasteiger partial charge in [-0.05, 0) is 63.1 Å². The Hall–Kier alpha value is -4.36. The summed E-state index contributed by atoms with van der Waals surface area (Å²) in [5.74, 6) is 0. The quantitative estimate of drug-likeness (QED) is 0.266. The minimum Gasteiger partial charge on any atom is -0.399 e. The molecule has 0 heterocycles. The Bertz CT molecular complexity index is 1360. The number of nitrogens with two attached hydrogens (primary N) is 1. The Kier molecular flexibility index (Phi) is 6.36. The molecule has 34 heavy (non-hydrogen) atoms. The summed E-state index contributed by atoms with van der Waals surface area (Å²) in [4.78, 5) is 0. The first-order valence-corrected chi connectivity index (χ1v) is 11.6. The van der Waals surface area contributed by atoms with Crippen LogP contribution in [-0.4, -0.2) is 0 Å². The third-order valence-electron chi connectivity index (χ3n) is 6.13. The normalized spacial score (nSPS) is 11.4. The lowest BCUT2D eigenvalue weighted by Crippen LogP contribution is -1.91. The van der Waals surface area contributed by atoms with Crippen LogP contribution in [0.15, 0.2) is 140 Å². The van der Waals surface area contributed by atoms with Gasteiger partial charge in [0.05, 0.1) is 0 Å². The van der Waals surface area contributed by atoms with Gasteiger partial charge in [-0.25, -0.2) is 0 Å². The lowest BCUT2D eigenvalue weighted by atomic mass is 9.94. The maximum atomic E-state index is 5.84. The number of hydrogen-bond acceptors (Lipinski definition) is 1. The van der Waals surface area contributed by atoms with Gasteiger partial charge in [0.25, 0.3) is 0 Å². The second-order valence-electron chi connectivity index (χ2n) is 8.45. The second-order valence-corrected chi connectivity index (χ2v) is 8.45. The lowest BCUT2D eigenvalue weighted by Gasteiger charge is -2.11. The highest BCUT2D eigenvalue weighted by molar-refractivity contribution is 5.81. The Balaban J connectivity index is 1.42. The fraction of sp³-hybridized carbons (Fsp3) is 0.0303. The molecule has 5 aromatic rings. The number of allylic oxidation sites excluding steroid dienone is 1. The van der Waals surface area contributed by atoms with Crippen molar-refractivity contribution in [2.75, 3.05) is 5.73 Å². The van der Waals surface area contributed by atoms with E-state index in [0.717, 1.165) is 12.1 Å². The van der Waals surface area contributed by atoms with Crippen LogP contribution in [-0.2, 0) is 6.42 Å². The van der Waals surface area contributed by atoms with E-state index in [1.54, 1.807) is 0 Å². The van der Waals surface area contributed by atoms with Crippen molar-refractivity contribution < 1.29 is 0 Å². The summed E-state index contributed by atoms with van der Waals surface area (Å²) in [6.45, 7) is 0. The Morgan fingerprint density at radius 1 is 0.471 bits per heavy atom. The summed E-state index contributed by atoms with van der Waals surface area (Å²) in [6, 6.07) is 46.8. The van der Waals surface area contributed by atoms with Crippen molar-refractivity contribution in [2.24, 2.45) is 0 Å². The SMILES string of the molecule is Nc1ccc(-c2ccc(/C(=C/Cc3ccc(-c4ccccc4)cc3)c3ccccc3)cc2)cc1. The third kappa shape index (κ3) is 5.00. The van der Waals surface area contributed by atoms with Crippen LogP contribution in [0, 0.1) is 0 Å². The Morgan fingerprint density at radius 3 is 1.50 bits per heavy atom. The van der Waals surface area contributed by atoms with Crippen molar-refractivity contribution in [2.45, 2.75) is 6.42 Å². The Morgan fingerprint density at radius 2 is 0.912 bits per heavy atom. The molecule has 1 nitrogen and oxygen atoms in total. The molecule has 0 saturated carbocycles. The molecule has 164 valence electrons. The molecule has 2 N–H and O–H groups in total. The number of rotatable bonds is 6. The zero-order chi connectivity index (χ0) is 23.2. The van der Waals surface area contributed by atoms with E-state index in [1.807, 2.05) is 12.1 Å². The van der Waals surface area contributed by atoms with Crippen molar-refractivity contribution >= 4 is 11.3 Å². The molecule has 0 aliphatic rings. The van der Waals surface area contributed by atoms with Crippen molar-refractivity contribution in [3.63, 3.8) is 0 Å². The number of anilines is 1. The molecule has 0 radical (unpaired) electrons. The van der Waals surface area contributed by atoms with Gasteiger partial charge in [-0.15, -0.1) is 0 Å². The minimum atomic E-state index is 0.784. The van der Waals surface area contributed by atoms with Gasteiger partial charge in [0.15, 0.2) is 0 Å². The van der Waals surface area contributed by atoms with Crippen LogP contribution < -0.4 is 5.73 Å². The highest BCUT2D eigenvalue weighted by Crippen LogP contribution is 2.28. The van der Waals surface area contributed by atoms with Gasteiger partial charge in [-0.1, -0.05) is 127 Å². The monoisotopic (exact) mass is 437 g/mol. The summed E-state index contributed by atoms with van der Waals surface area (Å²) in [6.07, 6.45) is 3.21. The molecule has 5 rings (SSSR count). The molecule has 0 saturated heterocycles. The van der Waals surface area contributed by atoms with Gasteiger partial charge in [0.2, 0.25) is 0 Å². The molecule has 0 unspecified atom stereocenters. The summed E-state index contributed by atoms with van der Waals surface area (Å²) >= 11 is 0. The predicted molar refractivity (Wildman–Crippen MR) is 145 cm³/mol. The van der Waals surface area contributed by atoms with Gasteiger partial charge in [0, 0.05) is 5.69 Å². The van der Waals surface area contributed by atoms with E-state index in [2.05, 4.69) is 127 Å². The van der Waals surface area contributed by atoms with Crippen LogP contribution in [0.5, 0.6) is 0 Å². The van der Waals surface area contributed by atoms with Crippen molar-refractivity contribution in [1.82, 2.24) is 0 Å². The lowest BCUT2D eigenvalue weighted by molar-refractivity contribution is 1.27. The van der Waals surface area contributed by atoms with Gasteiger partial charge in [0.1, 0.15) is 0 Å². The smallest absolute Gasteiger partial charge is 0.0314 e. The summed E-state index contributed by atoms with van der Waals surface area (Å²) in [5.41, 5.74) is 16.5. The summed E-state index contributed by atoms with van der Waals surface area (Å²) in [7, 11) is 0. The molecule has 0 aliphatic heterocycles. The summed E-state index contributed by atoms with van der Waals surface area (Å²) < 4.78 is 0. The Labute approximate surface area is 201 Å². The first-order chi connectivity index (χ1) is 16.8. The van der Waals surface area contributed by atoms with E-state index in [-0.39, 0.29) is 0 Å². The van der Waals surface area contributed by atoms with Crippen LogP contribution in [0.1, 0.15) is 16.7 Å². The zero-order valence-corrected chi connectivity index (χ0v) is 19.1. The number of hydrogen-bond donors (Lipinski definition) is 1. The standard InChI is InChI=1S/C33H27N/c34-32-22-20-29(21-23-32)28-16-18-31(19-17-28)33(30-9-5-2-6-10-30)24-13-25-11-14-27(15-12-25)26-7-3-1-4-8-26/h1-12,14-24H,13,34H2/b33-24+. The number of benzene rings is 5. The van der Waals surface area contributed by atoms with E-state index >= 15 is 0 Å². The molecule has 5 aromatic carbocycles. The van der Waals surface area contributed by atoms with Crippen LogP contribution in [0.25, 0.3) is 27.8 Å². The maximum Gasteiger partial charge on any atom is 0.0314 e. The molecule has 0 spiro atoms. The molecule has 1 heteroatoms. The fourth-order valence-corrected chi connectivity index (χ4v) is 4.22. The number of nitrogen functional groups attached to an aromatic ring is 1. The van der Waals surface area contributed by atoms with E-state index in [9.17, 15) is 0 Å². The highest BCUT2D eigenvalue weighted by atomic mass is 14.5. The largest absolute Gasteiger partial charge is 0.399 e. The molecule has 0 bridgehead atoms. The van der Waals surface area contributed by atoms with E-state index < -0.39 is 0 Å². The highest BCUT2D eigenvalue weighted by Gasteiger charge is 2.06. The van der Waals surface area contributed by atoms with Gasteiger partial charge in [-0.2, -0.15) is 0 Å². The molecular weight excluding hydrogens is 410 g/mol. The fourth-order valence-electron chi connectivity index (χ4n) is 4.22. The first kappa shape index (κ1) is 21.5. The minimum absolute atomic E-state index is 0.784.